The molecule has 0 saturated heterocycles. The summed E-state index contributed by atoms with van der Waals surface area (Å²) in [5.41, 5.74) is 1.86. The highest BCUT2D eigenvalue weighted by Gasteiger charge is 2.01. The molecule has 1 N–H and O–H groups in total. The number of hydrogen-bond acceptors (Lipinski definition) is 2. The highest BCUT2D eigenvalue weighted by molar-refractivity contribution is 7.98. The fourth-order valence-electron chi connectivity index (χ4n) is 1.91. The van der Waals surface area contributed by atoms with Crippen LogP contribution in [-0.2, 0) is 10.5 Å². The lowest BCUT2D eigenvalue weighted by atomic mass is 10.2. The van der Waals surface area contributed by atoms with Crippen molar-refractivity contribution < 1.29 is 4.79 Å². The van der Waals surface area contributed by atoms with E-state index in [1.165, 1.54) is 6.08 Å². The average molecular weight is 401 g/mol. The second kappa shape index (κ2) is 10.00. The Bertz CT molecular complexity index is 734. The summed E-state index contributed by atoms with van der Waals surface area (Å²) < 4.78 is 0. The van der Waals surface area contributed by atoms with Gasteiger partial charge in [0.15, 0.2) is 0 Å². The first-order chi connectivity index (χ1) is 11.6. The number of carbonyl (C=O) groups excluding carboxylic acids is 1. The summed E-state index contributed by atoms with van der Waals surface area (Å²) in [6.07, 6.45) is 3.14. The van der Waals surface area contributed by atoms with E-state index in [1.807, 2.05) is 24.3 Å². The van der Waals surface area contributed by atoms with Gasteiger partial charge in [-0.15, -0.1) is 0 Å². The Labute approximate surface area is 161 Å². The molecule has 0 spiro atoms. The van der Waals surface area contributed by atoms with Crippen molar-refractivity contribution >= 4 is 58.5 Å². The number of carbonyl (C=O) groups is 1. The lowest BCUT2D eigenvalue weighted by Gasteiger charge is -2.05. The maximum absolute atomic E-state index is 11.8. The summed E-state index contributed by atoms with van der Waals surface area (Å²) in [7, 11) is 0. The van der Waals surface area contributed by atoms with E-state index in [0.29, 0.717) is 16.6 Å². The Balaban J connectivity index is 1.70. The lowest BCUT2D eigenvalue weighted by molar-refractivity contribution is -0.116. The van der Waals surface area contributed by atoms with Crippen LogP contribution < -0.4 is 5.32 Å². The zero-order valence-electron chi connectivity index (χ0n) is 12.8. The Kier molecular flexibility index (Phi) is 8.00. The molecule has 0 atom stereocenters. The van der Waals surface area contributed by atoms with Gasteiger partial charge in [-0.05, 0) is 35.4 Å². The first kappa shape index (κ1) is 19.2. The Morgan fingerprint density at radius 3 is 2.62 bits per heavy atom. The number of amides is 1. The van der Waals surface area contributed by atoms with E-state index in [0.717, 1.165) is 27.7 Å². The minimum atomic E-state index is -0.153. The number of halogens is 3. The summed E-state index contributed by atoms with van der Waals surface area (Å²) in [5.74, 6) is 1.48. The average Bonchev–Trinajstić information content (AvgIpc) is 2.55. The summed E-state index contributed by atoms with van der Waals surface area (Å²) in [4.78, 5) is 11.8. The first-order valence-corrected chi connectivity index (χ1v) is 9.57. The number of benzene rings is 2. The van der Waals surface area contributed by atoms with Gasteiger partial charge < -0.3 is 5.32 Å². The summed E-state index contributed by atoms with van der Waals surface area (Å²) in [6, 6.07) is 12.9. The Hall–Kier alpha value is -1.13. The van der Waals surface area contributed by atoms with Crippen LogP contribution >= 0.6 is 46.6 Å². The van der Waals surface area contributed by atoms with Gasteiger partial charge in [-0.1, -0.05) is 59.1 Å². The number of thioether (sulfide) groups is 1. The molecule has 0 heterocycles. The van der Waals surface area contributed by atoms with Crippen molar-refractivity contribution in [2.45, 2.75) is 5.75 Å². The van der Waals surface area contributed by atoms with Crippen LogP contribution in [0, 0.1) is 0 Å². The van der Waals surface area contributed by atoms with Crippen molar-refractivity contribution in [2.75, 3.05) is 12.3 Å². The predicted molar refractivity (Wildman–Crippen MR) is 106 cm³/mol. The van der Waals surface area contributed by atoms with E-state index in [4.69, 9.17) is 34.8 Å². The van der Waals surface area contributed by atoms with Crippen LogP contribution in [0.15, 0.2) is 48.5 Å². The number of hydrogen-bond donors (Lipinski definition) is 1. The van der Waals surface area contributed by atoms with Gasteiger partial charge in [0.25, 0.3) is 0 Å². The third kappa shape index (κ3) is 6.40. The SMILES string of the molecule is O=C(/C=C/c1ccc(Cl)cc1Cl)NCCSCc1ccccc1Cl. The fraction of sp³-hybridized carbons (Fsp3) is 0.167. The van der Waals surface area contributed by atoms with Gasteiger partial charge in [0, 0.05) is 39.2 Å². The molecule has 0 unspecified atom stereocenters. The zero-order chi connectivity index (χ0) is 17.4. The smallest absolute Gasteiger partial charge is 0.244 e. The van der Waals surface area contributed by atoms with Crippen molar-refractivity contribution in [3.63, 3.8) is 0 Å². The normalized spacial score (nSPS) is 11.0. The molecule has 0 saturated carbocycles. The quantitative estimate of drug-likeness (QED) is 0.476. The van der Waals surface area contributed by atoms with E-state index in [9.17, 15) is 4.79 Å². The summed E-state index contributed by atoms with van der Waals surface area (Å²) >= 11 is 19.7. The fourth-order valence-corrected chi connectivity index (χ4v) is 3.52. The predicted octanol–water partition coefficient (Wildman–Crippen LogP) is 5.71. The van der Waals surface area contributed by atoms with Crippen LogP contribution in [0.2, 0.25) is 15.1 Å². The van der Waals surface area contributed by atoms with Gasteiger partial charge in [0.2, 0.25) is 5.91 Å². The van der Waals surface area contributed by atoms with Crippen LogP contribution in [0.4, 0.5) is 0 Å². The summed E-state index contributed by atoms with van der Waals surface area (Å²) in [5, 5.41) is 4.69. The van der Waals surface area contributed by atoms with Gasteiger partial charge in [-0.2, -0.15) is 11.8 Å². The van der Waals surface area contributed by atoms with Gasteiger partial charge in [-0.25, -0.2) is 0 Å². The second-order valence-corrected chi connectivity index (χ2v) is 7.29. The third-order valence-corrected chi connectivity index (χ3v) is 5.08. The molecular weight excluding hydrogens is 385 g/mol. The molecule has 2 nitrogen and oxygen atoms in total. The molecule has 2 rings (SSSR count). The number of rotatable bonds is 7. The maximum Gasteiger partial charge on any atom is 0.244 e. The molecule has 1 amide bonds. The first-order valence-electron chi connectivity index (χ1n) is 7.28. The Morgan fingerprint density at radius 2 is 1.88 bits per heavy atom. The molecule has 6 heteroatoms. The van der Waals surface area contributed by atoms with Gasteiger partial charge in [-0.3, -0.25) is 4.79 Å². The molecule has 0 aromatic heterocycles. The topological polar surface area (TPSA) is 29.1 Å². The van der Waals surface area contributed by atoms with Crippen LogP contribution in [-0.4, -0.2) is 18.2 Å². The molecule has 0 radical (unpaired) electrons. The number of nitrogens with one attached hydrogen (secondary N) is 1. The molecule has 2 aromatic rings. The molecule has 126 valence electrons. The van der Waals surface area contributed by atoms with Crippen LogP contribution in [0.1, 0.15) is 11.1 Å². The largest absolute Gasteiger partial charge is 0.352 e. The van der Waals surface area contributed by atoms with Gasteiger partial charge in [0.1, 0.15) is 0 Å². The highest BCUT2D eigenvalue weighted by Crippen LogP contribution is 2.22. The lowest BCUT2D eigenvalue weighted by Crippen LogP contribution is -2.23. The zero-order valence-corrected chi connectivity index (χ0v) is 15.9. The Morgan fingerprint density at radius 1 is 1.08 bits per heavy atom. The minimum absolute atomic E-state index is 0.153. The van der Waals surface area contributed by atoms with Crippen molar-refractivity contribution in [1.29, 1.82) is 0 Å². The van der Waals surface area contributed by atoms with Crippen LogP contribution in [0.25, 0.3) is 6.08 Å². The van der Waals surface area contributed by atoms with Crippen molar-refractivity contribution in [3.05, 3.63) is 74.7 Å². The molecule has 24 heavy (non-hydrogen) atoms. The molecular formula is C18H16Cl3NOS. The van der Waals surface area contributed by atoms with Crippen LogP contribution in [0.5, 0.6) is 0 Å². The van der Waals surface area contributed by atoms with Crippen molar-refractivity contribution in [1.82, 2.24) is 5.32 Å². The van der Waals surface area contributed by atoms with Gasteiger partial charge >= 0.3 is 0 Å². The molecule has 0 fully saturated rings. The molecule has 0 aliphatic carbocycles. The van der Waals surface area contributed by atoms with Crippen molar-refractivity contribution in [3.8, 4) is 0 Å². The second-order valence-electron chi connectivity index (χ2n) is 4.93. The minimum Gasteiger partial charge on any atom is -0.352 e. The van der Waals surface area contributed by atoms with E-state index in [1.54, 1.807) is 36.0 Å². The monoisotopic (exact) mass is 399 g/mol. The standard InChI is InChI=1S/C18H16Cl3NOS/c19-15-7-5-13(17(21)11-15)6-8-18(23)22-9-10-24-12-14-3-1-2-4-16(14)20/h1-8,11H,9-10,12H2,(H,22,23)/b8-6+. The van der Waals surface area contributed by atoms with E-state index >= 15 is 0 Å². The highest BCUT2D eigenvalue weighted by atomic mass is 35.5. The third-order valence-electron chi connectivity index (χ3n) is 3.14. The van der Waals surface area contributed by atoms with E-state index < -0.39 is 0 Å². The maximum atomic E-state index is 11.8. The van der Waals surface area contributed by atoms with Crippen LogP contribution in [0.3, 0.4) is 0 Å². The molecule has 0 bridgehead atoms. The molecule has 0 aliphatic rings. The van der Waals surface area contributed by atoms with Crippen molar-refractivity contribution in [2.24, 2.45) is 0 Å². The van der Waals surface area contributed by atoms with E-state index in [2.05, 4.69) is 5.32 Å². The molecule has 0 aliphatic heterocycles. The summed E-state index contributed by atoms with van der Waals surface area (Å²) in [6.45, 7) is 0.590. The van der Waals surface area contributed by atoms with E-state index in [-0.39, 0.29) is 5.91 Å². The molecule has 2 aromatic carbocycles. The van der Waals surface area contributed by atoms with Gasteiger partial charge in [0.05, 0.1) is 0 Å².